The van der Waals surface area contributed by atoms with Crippen molar-refractivity contribution < 1.29 is 22.6 Å². The van der Waals surface area contributed by atoms with E-state index in [1.807, 2.05) is 12.1 Å². The number of oxime groups is 1. The second kappa shape index (κ2) is 4.96. The number of nitrogens with zero attached hydrogens (tertiary/aromatic N) is 2. The van der Waals surface area contributed by atoms with Crippen LogP contribution in [-0.2, 0) is 24.6 Å². The van der Waals surface area contributed by atoms with Gasteiger partial charge in [0.1, 0.15) is 0 Å². The molecular weight excluding hydrogens is 296 g/mol. The van der Waals surface area contributed by atoms with Crippen molar-refractivity contribution in [1.29, 1.82) is 0 Å². The van der Waals surface area contributed by atoms with E-state index in [9.17, 15) is 18.3 Å². The molecule has 0 atom stereocenters. The number of carboxylic acid groups (broad SMARTS) is 1. The summed E-state index contributed by atoms with van der Waals surface area (Å²) in [6, 6.07) is 7.19. The number of benzene rings is 1. The fraction of sp³-hybridized carbons (Fsp3) is 0.308. The highest BCUT2D eigenvalue weighted by Crippen LogP contribution is 2.40. The van der Waals surface area contributed by atoms with Gasteiger partial charge in [-0.15, -0.1) is 0 Å². The molecule has 8 heteroatoms. The van der Waals surface area contributed by atoms with Gasteiger partial charge in [-0.2, -0.15) is 8.42 Å². The van der Waals surface area contributed by atoms with Crippen LogP contribution in [0.25, 0.3) is 0 Å². The summed E-state index contributed by atoms with van der Waals surface area (Å²) in [4.78, 5) is 15.6. The van der Waals surface area contributed by atoms with Gasteiger partial charge in [-0.05, 0) is 25.5 Å². The minimum absolute atomic E-state index is 0.153. The Balaban J connectivity index is 2.52. The maximum atomic E-state index is 11.4. The molecule has 1 N–H and O–H groups in total. The molecule has 1 aliphatic heterocycles. The summed E-state index contributed by atoms with van der Waals surface area (Å²) in [5, 5.41) is 12.5. The van der Waals surface area contributed by atoms with E-state index in [1.54, 1.807) is 26.0 Å². The molecule has 1 aliphatic rings. The van der Waals surface area contributed by atoms with Crippen LogP contribution in [0.3, 0.4) is 0 Å². The van der Waals surface area contributed by atoms with Gasteiger partial charge in [-0.3, -0.25) is 4.28 Å². The highest BCUT2D eigenvalue weighted by Gasteiger charge is 2.40. The second-order valence-electron chi connectivity index (χ2n) is 5.13. The number of hydrogen-bond donors (Lipinski definition) is 1. The molecule has 112 valence electrons. The Kier molecular flexibility index (Phi) is 3.58. The number of aliphatic imine (C=N–C) groups is 1. The number of aliphatic carboxylic acids is 1. The minimum Gasteiger partial charge on any atom is -0.476 e. The number of carboxylic acids is 1. The van der Waals surface area contributed by atoms with Gasteiger partial charge in [0.05, 0.1) is 17.7 Å². The van der Waals surface area contributed by atoms with Crippen LogP contribution >= 0.6 is 0 Å². The molecule has 0 saturated carbocycles. The highest BCUT2D eigenvalue weighted by atomic mass is 32.2. The van der Waals surface area contributed by atoms with Crippen molar-refractivity contribution in [2.45, 2.75) is 19.3 Å². The number of rotatable bonds is 4. The molecule has 0 aliphatic carbocycles. The molecule has 0 aromatic heterocycles. The lowest BCUT2D eigenvalue weighted by atomic mass is 9.80. The van der Waals surface area contributed by atoms with Crippen LogP contribution in [0.4, 0.5) is 5.69 Å². The van der Waals surface area contributed by atoms with Crippen LogP contribution in [0.1, 0.15) is 19.4 Å². The van der Waals surface area contributed by atoms with Crippen molar-refractivity contribution in [3.8, 4) is 0 Å². The fourth-order valence-corrected chi connectivity index (χ4v) is 2.33. The lowest BCUT2D eigenvalue weighted by molar-refractivity contribution is -0.129. The Morgan fingerprint density at radius 2 is 1.95 bits per heavy atom. The quantitative estimate of drug-likeness (QED) is 0.669. The fourth-order valence-electron chi connectivity index (χ4n) is 2.12. The standard InChI is InChI=1S/C13H14N2O5S/c1-13(2)8-6-4-5-7-9(8)14-11(13)10(12(16)17)15-20-21(3,18)19/h4-7H,1-3H3,(H,16,17)/b15-10-. The van der Waals surface area contributed by atoms with E-state index in [-0.39, 0.29) is 5.71 Å². The molecule has 21 heavy (non-hydrogen) atoms. The van der Waals surface area contributed by atoms with Gasteiger partial charge in [-0.25, -0.2) is 9.79 Å². The van der Waals surface area contributed by atoms with Crippen molar-refractivity contribution >= 4 is 33.2 Å². The predicted octanol–water partition coefficient (Wildman–Crippen LogP) is 1.47. The van der Waals surface area contributed by atoms with E-state index in [4.69, 9.17) is 0 Å². The molecule has 0 spiro atoms. The van der Waals surface area contributed by atoms with Crippen LogP contribution in [-0.4, -0.2) is 37.2 Å². The van der Waals surface area contributed by atoms with Crippen LogP contribution in [0.15, 0.2) is 34.4 Å². The zero-order chi connectivity index (χ0) is 15.8. The summed E-state index contributed by atoms with van der Waals surface area (Å²) in [5.74, 6) is -1.40. The predicted molar refractivity (Wildman–Crippen MR) is 77.6 cm³/mol. The minimum atomic E-state index is -3.89. The molecule has 0 saturated heterocycles. The first-order chi connectivity index (χ1) is 9.63. The zero-order valence-electron chi connectivity index (χ0n) is 11.7. The van der Waals surface area contributed by atoms with Crippen molar-refractivity contribution in [2.75, 3.05) is 6.26 Å². The van der Waals surface area contributed by atoms with E-state index in [1.165, 1.54) is 0 Å². The molecule has 0 radical (unpaired) electrons. The second-order valence-corrected chi connectivity index (χ2v) is 6.68. The van der Waals surface area contributed by atoms with Crippen molar-refractivity contribution in [2.24, 2.45) is 10.1 Å². The third kappa shape index (κ3) is 2.94. The van der Waals surface area contributed by atoms with Gasteiger partial charge < -0.3 is 5.11 Å². The average Bonchev–Trinajstić information content (AvgIpc) is 2.61. The van der Waals surface area contributed by atoms with Crippen molar-refractivity contribution in [3.63, 3.8) is 0 Å². The number of hydrogen-bond acceptors (Lipinski definition) is 6. The van der Waals surface area contributed by atoms with Crippen LogP contribution in [0, 0.1) is 0 Å². The first kappa shape index (κ1) is 15.2. The molecule has 0 fully saturated rings. The maximum Gasteiger partial charge on any atom is 0.359 e. The molecule has 0 amide bonds. The maximum absolute atomic E-state index is 11.4. The molecule has 0 unspecified atom stereocenters. The van der Waals surface area contributed by atoms with Gasteiger partial charge in [0.15, 0.2) is 0 Å². The number of carbonyl (C=O) groups is 1. The topological polar surface area (TPSA) is 105 Å². The lowest BCUT2D eigenvalue weighted by Crippen LogP contribution is -2.37. The normalized spacial score (nSPS) is 17.1. The van der Waals surface area contributed by atoms with E-state index in [0.29, 0.717) is 5.69 Å². The summed E-state index contributed by atoms with van der Waals surface area (Å²) < 4.78 is 26.2. The highest BCUT2D eigenvalue weighted by molar-refractivity contribution is 7.85. The first-order valence-corrected chi connectivity index (χ1v) is 7.83. The summed E-state index contributed by atoms with van der Waals surface area (Å²) >= 11 is 0. The average molecular weight is 310 g/mol. The molecule has 0 bridgehead atoms. The Morgan fingerprint density at radius 3 is 2.48 bits per heavy atom. The SMILES string of the molecule is CC1(C)C(/C(=N/OS(C)(=O)=O)C(=O)O)=Nc2ccccc21. The zero-order valence-corrected chi connectivity index (χ0v) is 12.5. The van der Waals surface area contributed by atoms with Crippen LogP contribution in [0.2, 0.25) is 0 Å². The molecule has 7 nitrogen and oxygen atoms in total. The van der Waals surface area contributed by atoms with Crippen LogP contribution in [0.5, 0.6) is 0 Å². The third-order valence-electron chi connectivity index (χ3n) is 3.09. The summed E-state index contributed by atoms with van der Waals surface area (Å²) in [6.45, 7) is 3.58. The Morgan fingerprint density at radius 1 is 1.33 bits per heavy atom. The molecular formula is C13H14N2O5S. The Bertz CT molecular complexity index is 763. The van der Waals surface area contributed by atoms with E-state index < -0.39 is 27.2 Å². The summed E-state index contributed by atoms with van der Waals surface area (Å²) in [6.07, 6.45) is 0.784. The van der Waals surface area contributed by atoms with Gasteiger partial charge in [0.25, 0.3) is 0 Å². The molecule has 1 aromatic rings. The molecule has 1 aromatic carbocycles. The Hall–Kier alpha value is -2.22. The van der Waals surface area contributed by atoms with E-state index >= 15 is 0 Å². The largest absolute Gasteiger partial charge is 0.476 e. The smallest absolute Gasteiger partial charge is 0.359 e. The van der Waals surface area contributed by atoms with E-state index in [0.717, 1.165) is 11.8 Å². The van der Waals surface area contributed by atoms with Gasteiger partial charge in [-0.1, -0.05) is 23.4 Å². The van der Waals surface area contributed by atoms with Gasteiger partial charge in [0.2, 0.25) is 5.71 Å². The van der Waals surface area contributed by atoms with Crippen LogP contribution < -0.4 is 0 Å². The number of fused-ring (bicyclic) bond motifs is 1. The Labute approximate surface area is 122 Å². The van der Waals surface area contributed by atoms with Gasteiger partial charge in [0, 0.05) is 5.41 Å². The summed E-state index contributed by atoms with van der Waals surface area (Å²) in [5.41, 5.74) is 0.384. The number of para-hydroxylation sites is 1. The van der Waals surface area contributed by atoms with E-state index in [2.05, 4.69) is 14.4 Å². The van der Waals surface area contributed by atoms with Gasteiger partial charge >= 0.3 is 16.1 Å². The first-order valence-electron chi connectivity index (χ1n) is 6.02. The molecule has 2 rings (SSSR count). The monoisotopic (exact) mass is 310 g/mol. The third-order valence-corrected chi connectivity index (χ3v) is 3.44. The lowest BCUT2D eigenvalue weighted by Gasteiger charge is -2.21. The van der Waals surface area contributed by atoms with Crippen molar-refractivity contribution in [1.82, 2.24) is 0 Å². The van der Waals surface area contributed by atoms with Crippen molar-refractivity contribution in [3.05, 3.63) is 29.8 Å². The summed E-state index contributed by atoms with van der Waals surface area (Å²) in [7, 11) is -3.89. The molecule has 1 heterocycles.